The van der Waals surface area contributed by atoms with Gasteiger partial charge in [0.15, 0.2) is 12.7 Å². The number of carbonyl (C=O) groups excluding carboxylic acids is 4. The zero-order valence-corrected chi connectivity index (χ0v) is 17.1. The lowest BCUT2D eigenvalue weighted by Gasteiger charge is -2.36. The molecule has 13 heteroatoms. The average molecular weight is 450 g/mol. The van der Waals surface area contributed by atoms with E-state index in [1.165, 1.54) is 6.92 Å². The van der Waals surface area contributed by atoms with E-state index in [1.54, 1.807) is 0 Å². The summed E-state index contributed by atoms with van der Waals surface area (Å²) in [5, 5.41) is 0. The molecule has 1 N–H and O–H groups in total. The van der Waals surface area contributed by atoms with Crippen LogP contribution in [0.5, 0.6) is 0 Å². The molecule has 0 amide bonds. The summed E-state index contributed by atoms with van der Waals surface area (Å²) in [6, 6.07) is 0. The van der Waals surface area contributed by atoms with Gasteiger partial charge in [0.05, 0.1) is 0 Å². The molecular formula is C17H22O12S. The number of hydrogen-bond donors (Lipinski definition) is 1. The molecule has 5 atom stereocenters. The van der Waals surface area contributed by atoms with Gasteiger partial charge in [-0.25, -0.2) is 9.59 Å². The van der Waals surface area contributed by atoms with Gasteiger partial charge < -0.3 is 23.7 Å². The van der Waals surface area contributed by atoms with Crippen LogP contribution in [0.15, 0.2) is 12.7 Å². The standard InChI is InChI=1S/C17H22O12S/c1-4-12(20)24-7-13(21)27-14-15(28-30(22)23)17(9-26-11(3)19)6-5-16(14,29-17)8-25-10(2)18/h4,14-15H,1,5-9H2,2-3H3,(H,22,23). The highest BCUT2D eigenvalue weighted by molar-refractivity contribution is 7.74. The number of ether oxygens (including phenoxy) is 5. The molecule has 2 bridgehead atoms. The van der Waals surface area contributed by atoms with Crippen LogP contribution in [0, 0.1) is 0 Å². The van der Waals surface area contributed by atoms with Gasteiger partial charge in [-0.2, -0.15) is 4.21 Å². The smallest absolute Gasteiger partial charge is 0.344 e. The maximum absolute atomic E-state index is 12.2. The molecule has 12 nitrogen and oxygen atoms in total. The summed E-state index contributed by atoms with van der Waals surface area (Å²) in [5.74, 6) is -3.13. The normalized spacial score (nSPS) is 30.2. The zero-order chi connectivity index (χ0) is 22.5. The lowest BCUT2D eigenvalue weighted by Crippen LogP contribution is -2.55. The highest BCUT2D eigenvalue weighted by Crippen LogP contribution is 2.54. The van der Waals surface area contributed by atoms with Gasteiger partial charge in [0.25, 0.3) is 0 Å². The first-order valence-corrected chi connectivity index (χ1v) is 9.80. The summed E-state index contributed by atoms with van der Waals surface area (Å²) in [5.41, 5.74) is -2.85. The molecule has 2 heterocycles. The van der Waals surface area contributed by atoms with Gasteiger partial charge in [0.2, 0.25) is 0 Å². The first kappa shape index (κ1) is 23.9. The molecule has 2 fully saturated rings. The first-order chi connectivity index (χ1) is 14.0. The predicted octanol–water partition coefficient (Wildman–Crippen LogP) is -0.423. The maximum atomic E-state index is 12.2. The topological polar surface area (TPSA) is 161 Å². The molecule has 2 aliphatic rings. The number of esters is 4. The number of fused-ring (bicyclic) bond motifs is 2. The second-order valence-corrected chi connectivity index (χ2v) is 7.38. The Morgan fingerprint density at radius 3 is 2.07 bits per heavy atom. The van der Waals surface area contributed by atoms with Gasteiger partial charge in [0.1, 0.15) is 30.5 Å². The molecule has 2 rings (SSSR count). The Kier molecular flexibility index (Phi) is 7.69. The number of carbonyl (C=O) groups is 4. The Morgan fingerprint density at radius 2 is 1.60 bits per heavy atom. The molecular weight excluding hydrogens is 428 g/mol. The Bertz CT molecular complexity index is 751. The monoisotopic (exact) mass is 450 g/mol. The van der Waals surface area contributed by atoms with Crippen molar-refractivity contribution < 1.29 is 55.8 Å². The second-order valence-electron chi connectivity index (χ2n) is 6.75. The van der Waals surface area contributed by atoms with Crippen LogP contribution in [0.4, 0.5) is 0 Å². The molecule has 30 heavy (non-hydrogen) atoms. The Labute approximate surface area is 174 Å². The average Bonchev–Trinajstić information content (AvgIpc) is 3.16. The molecule has 2 saturated heterocycles. The minimum atomic E-state index is -2.79. The lowest BCUT2D eigenvalue weighted by atomic mass is 9.78. The molecule has 0 aromatic heterocycles. The van der Waals surface area contributed by atoms with E-state index in [0.29, 0.717) is 0 Å². The molecule has 5 unspecified atom stereocenters. The van der Waals surface area contributed by atoms with Crippen molar-refractivity contribution in [2.75, 3.05) is 19.8 Å². The molecule has 0 aromatic carbocycles. The quantitative estimate of drug-likeness (QED) is 0.198. The van der Waals surface area contributed by atoms with Crippen molar-refractivity contribution in [1.82, 2.24) is 0 Å². The van der Waals surface area contributed by atoms with Gasteiger partial charge >= 0.3 is 35.2 Å². The van der Waals surface area contributed by atoms with E-state index >= 15 is 0 Å². The fraction of sp³-hybridized carbons (Fsp3) is 0.647. The van der Waals surface area contributed by atoms with Crippen molar-refractivity contribution >= 4 is 35.2 Å². The maximum Gasteiger partial charge on any atom is 0.344 e. The van der Waals surface area contributed by atoms with Crippen LogP contribution < -0.4 is 0 Å². The van der Waals surface area contributed by atoms with Crippen molar-refractivity contribution in [3.63, 3.8) is 0 Å². The van der Waals surface area contributed by atoms with Crippen LogP contribution in [0.25, 0.3) is 0 Å². The molecule has 0 aliphatic carbocycles. The van der Waals surface area contributed by atoms with E-state index in [2.05, 4.69) is 11.3 Å². The predicted molar refractivity (Wildman–Crippen MR) is 95.7 cm³/mol. The number of hydrogen-bond acceptors (Lipinski definition) is 11. The molecule has 168 valence electrons. The van der Waals surface area contributed by atoms with E-state index in [0.717, 1.165) is 13.0 Å². The fourth-order valence-electron chi connectivity index (χ4n) is 3.46. The van der Waals surface area contributed by atoms with Crippen molar-refractivity contribution in [3.8, 4) is 0 Å². The third-order valence-electron chi connectivity index (χ3n) is 4.67. The van der Waals surface area contributed by atoms with Gasteiger partial charge in [-0.3, -0.25) is 18.3 Å². The van der Waals surface area contributed by atoms with Crippen LogP contribution in [0.3, 0.4) is 0 Å². The van der Waals surface area contributed by atoms with E-state index in [9.17, 15) is 27.9 Å². The second kappa shape index (κ2) is 9.64. The fourth-order valence-corrected chi connectivity index (χ4v) is 3.91. The highest BCUT2D eigenvalue weighted by atomic mass is 32.2. The minimum Gasteiger partial charge on any atom is -0.463 e. The molecule has 2 aliphatic heterocycles. The van der Waals surface area contributed by atoms with Crippen LogP contribution in [0.2, 0.25) is 0 Å². The van der Waals surface area contributed by atoms with Gasteiger partial charge in [-0.1, -0.05) is 6.58 Å². The van der Waals surface area contributed by atoms with Gasteiger partial charge in [-0.05, 0) is 12.8 Å². The number of rotatable bonds is 10. The van der Waals surface area contributed by atoms with Crippen molar-refractivity contribution in [1.29, 1.82) is 0 Å². The largest absolute Gasteiger partial charge is 0.463 e. The third kappa shape index (κ3) is 5.41. The molecule has 0 radical (unpaired) electrons. The Balaban J connectivity index is 2.31. The minimum absolute atomic E-state index is 0.197. The third-order valence-corrected chi connectivity index (χ3v) is 5.04. The summed E-state index contributed by atoms with van der Waals surface area (Å²) in [6.07, 6.45) is -1.42. The zero-order valence-electron chi connectivity index (χ0n) is 16.3. The van der Waals surface area contributed by atoms with E-state index in [-0.39, 0.29) is 26.1 Å². The van der Waals surface area contributed by atoms with Gasteiger partial charge in [-0.15, -0.1) is 0 Å². The van der Waals surface area contributed by atoms with E-state index in [4.69, 9.17) is 23.1 Å². The summed E-state index contributed by atoms with van der Waals surface area (Å²) >= 11 is -2.79. The van der Waals surface area contributed by atoms with Crippen molar-refractivity contribution in [2.24, 2.45) is 0 Å². The van der Waals surface area contributed by atoms with Crippen LogP contribution in [-0.4, -0.2) is 75.9 Å². The van der Waals surface area contributed by atoms with Gasteiger partial charge in [0, 0.05) is 19.9 Å². The molecule has 0 saturated carbocycles. The Morgan fingerprint density at radius 1 is 1.07 bits per heavy atom. The summed E-state index contributed by atoms with van der Waals surface area (Å²) in [6.45, 7) is 4.05. The highest BCUT2D eigenvalue weighted by Gasteiger charge is 2.71. The van der Waals surface area contributed by atoms with E-state index < -0.39 is 65.3 Å². The van der Waals surface area contributed by atoms with Crippen LogP contribution in [-0.2, 0) is 58.4 Å². The Hall–Kier alpha value is -2.35. The first-order valence-electron chi connectivity index (χ1n) is 8.77. The van der Waals surface area contributed by atoms with Crippen molar-refractivity contribution in [2.45, 2.75) is 50.1 Å². The van der Waals surface area contributed by atoms with E-state index in [1.807, 2.05) is 0 Å². The SMILES string of the molecule is C=CC(=O)OCC(=O)OC1C(OS(=O)O)C2(COC(C)=O)CCC1(COC(C)=O)O2. The summed E-state index contributed by atoms with van der Waals surface area (Å²) < 4.78 is 51.7. The lowest BCUT2D eigenvalue weighted by molar-refractivity contribution is -0.177. The molecule has 0 spiro atoms. The summed E-state index contributed by atoms with van der Waals surface area (Å²) in [7, 11) is 0. The van der Waals surface area contributed by atoms with Crippen molar-refractivity contribution in [3.05, 3.63) is 12.7 Å². The summed E-state index contributed by atoms with van der Waals surface area (Å²) in [4.78, 5) is 46.0. The van der Waals surface area contributed by atoms with Crippen LogP contribution in [0.1, 0.15) is 26.7 Å². The molecule has 0 aromatic rings. The van der Waals surface area contributed by atoms with Crippen LogP contribution >= 0.6 is 0 Å².